The molecule has 0 atom stereocenters. The van der Waals surface area contributed by atoms with Crippen LogP contribution in [0.25, 0.3) is 11.6 Å². The second-order valence-corrected chi connectivity index (χ2v) is 4.94. The molecule has 0 unspecified atom stereocenters. The number of furan rings is 1. The molecule has 3 aromatic rings. The molecular formula is C12H7F3N4O2S. The standard InChI is InChI=1S/C12H7F3N4O2S/c13-12(14,15)8-3-4-16-11(17-8)22-6-9-18-10(19-21-9)7-2-1-5-20-7/h1-5H,6H2. The monoisotopic (exact) mass is 328 g/mol. The van der Waals surface area contributed by atoms with Gasteiger partial charge in [0.1, 0.15) is 5.69 Å². The Balaban J connectivity index is 1.68. The van der Waals surface area contributed by atoms with Gasteiger partial charge in [-0.3, -0.25) is 0 Å². The zero-order chi connectivity index (χ0) is 15.6. The van der Waals surface area contributed by atoms with Crippen molar-refractivity contribution in [2.75, 3.05) is 0 Å². The lowest BCUT2D eigenvalue weighted by molar-refractivity contribution is -0.141. The van der Waals surface area contributed by atoms with Crippen molar-refractivity contribution in [3.05, 3.63) is 42.2 Å². The average Bonchev–Trinajstić information content (AvgIpc) is 3.15. The smallest absolute Gasteiger partial charge is 0.433 e. The summed E-state index contributed by atoms with van der Waals surface area (Å²) in [6.45, 7) is 0. The molecule has 0 aliphatic heterocycles. The third kappa shape index (κ3) is 3.27. The third-order valence-electron chi connectivity index (χ3n) is 2.46. The van der Waals surface area contributed by atoms with Gasteiger partial charge < -0.3 is 8.94 Å². The van der Waals surface area contributed by atoms with Gasteiger partial charge in [-0.1, -0.05) is 16.9 Å². The Kier molecular flexibility index (Phi) is 3.84. The Morgan fingerprint density at radius 1 is 1.18 bits per heavy atom. The van der Waals surface area contributed by atoms with Crippen LogP contribution in [-0.4, -0.2) is 20.1 Å². The Bertz CT molecular complexity index is 758. The number of hydrogen-bond donors (Lipinski definition) is 0. The van der Waals surface area contributed by atoms with Crippen LogP contribution >= 0.6 is 11.8 Å². The largest absolute Gasteiger partial charge is 0.461 e. The summed E-state index contributed by atoms with van der Waals surface area (Å²) in [6, 6.07) is 4.15. The van der Waals surface area contributed by atoms with Crippen LogP contribution in [0.5, 0.6) is 0 Å². The molecule has 0 fully saturated rings. The van der Waals surface area contributed by atoms with Crippen LogP contribution in [0, 0.1) is 0 Å². The Labute approximate surface area is 125 Å². The Morgan fingerprint density at radius 3 is 2.77 bits per heavy atom. The second-order valence-electron chi connectivity index (χ2n) is 4.00. The Morgan fingerprint density at radius 2 is 2.05 bits per heavy atom. The molecule has 0 aliphatic rings. The highest BCUT2D eigenvalue weighted by Crippen LogP contribution is 2.29. The molecule has 6 nitrogen and oxygen atoms in total. The SMILES string of the molecule is FC(F)(F)c1ccnc(SCc2nc(-c3ccco3)no2)n1. The summed E-state index contributed by atoms with van der Waals surface area (Å²) in [6.07, 6.45) is -1.98. The van der Waals surface area contributed by atoms with Crippen LogP contribution in [0.3, 0.4) is 0 Å². The highest BCUT2D eigenvalue weighted by atomic mass is 32.2. The van der Waals surface area contributed by atoms with Crippen molar-refractivity contribution in [1.29, 1.82) is 0 Å². The molecule has 0 bridgehead atoms. The summed E-state index contributed by atoms with van der Waals surface area (Å²) >= 11 is 0.965. The maximum absolute atomic E-state index is 12.5. The van der Waals surface area contributed by atoms with E-state index in [1.165, 1.54) is 6.26 Å². The maximum atomic E-state index is 12.5. The van der Waals surface area contributed by atoms with Crippen LogP contribution in [0.4, 0.5) is 13.2 Å². The van der Waals surface area contributed by atoms with Crippen LogP contribution in [-0.2, 0) is 11.9 Å². The first-order valence-corrected chi connectivity index (χ1v) is 6.90. The molecule has 0 amide bonds. The van der Waals surface area contributed by atoms with Gasteiger partial charge in [0.25, 0.3) is 0 Å². The third-order valence-corrected chi connectivity index (χ3v) is 3.30. The molecule has 3 aromatic heterocycles. The van der Waals surface area contributed by atoms with E-state index in [0.29, 0.717) is 5.76 Å². The van der Waals surface area contributed by atoms with Crippen LogP contribution in [0.2, 0.25) is 0 Å². The van der Waals surface area contributed by atoms with Gasteiger partial charge in [0.05, 0.1) is 12.0 Å². The molecule has 10 heteroatoms. The van der Waals surface area contributed by atoms with E-state index in [0.717, 1.165) is 24.0 Å². The van der Waals surface area contributed by atoms with Gasteiger partial charge in [-0.15, -0.1) is 0 Å². The zero-order valence-electron chi connectivity index (χ0n) is 10.7. The number of halogens is 3. The summed E-state index contributed by atoms with van der Waals surface area (Å²) in [4.78, 5) is 11.3. The molecule has 0 saturated carbocycles. The fourth-order valence-electron chi connectivity index (χ4n) is 1.51. The quantitative estimate of drug-likeness (QED) is 0.536. The minimum Gasteiger partial charge on any atom is -0.461 e. The first kappa shape index (κ1) is 14.6. The van der Waals surface area contributed by atoms with E-state index in [2.05, 4.69) is 20.1 Å². The van der Waals surface area contributed by atoms with E-state index in [4.69, 9.17) is 8.94 Å². The Hall–Kier alpha value is -2.36. The van der Waals surface area contributed by atoms with E-state index in [9.17, 15) is 13.2 Å². The van der Waals surface area contributed by atoms with Crippen molar-refractivity contribution < 1.29 is 22.1 Å². The maximum Gasteiger partial charge on any atom is 0.433 e. The molecule has 114 valence electrons. The highest BCUT2D eigenvalue weighted by Gasteiger charge is 2.32. The van der Waals surface area contributed by atoms with Crippen molar-refractivity contribution in [2.45, 2.75) is 17.1 Å². The average molecular weight is 328 g/mol. The molecular weight excluding hydrogens is 321 g/mol. The molecule has 3 heterocycles. The lowest BCUT2D eigenvalue weighted by Crippen LogP contribution is -2.08. The first-order chi connectivity index (χ1) is 10.5. The number of thioether (sulfide) groups is 1. The molecule has 22 heavy (non-hydrogen) atoms. The van der Waals surface area contributed by atoms with Gasteiger partial charge in [0, 0.05) is 6.20 Å². The van der Waals surface area contributed by atoms with E-state index in [1.807, 2.05) is 0 Å². The van der Waals surface area contributed by atoms with Crippen molar-refractivity contribution in [3.63, 3.8) is 0 Å². The van der Waals surface area contributed by atoms with Crippen molar-refractivity contribution in [1.82, 2.24) is 20.1 Å². The van der Waals surface area contributed by atoms with Gasteiger partial charge in [0.2, 0.25) is 11.7 Å². The topological polar surface area (TPSA) is 77.8 Å². The molecule has 0 saturated heterocycles. The van der Waals surface area contributed by atoms with Crippen molar-refractivity contribution in [3.8, 4) is 11.6 Å². The lowest BCUT2D eigenvalue weighted by Gasteiger charge is -2.05. The minimum atomic E-state index is -4.50. The summed E-state index contributed by atoms with van der Waals surface area (Å²) in [5.41, 5.74) is -0.994. The first-order valence-electron chi connectivity index (χ1n) is 5.92. The number of aromatic nitrogens is 4. The van der Waals surface area contributed by atoms with Gasteiger partial charge in [0.15, 0.2) is 10.9 Å². The molecule has 3 rings (SSSR count). The normalized spacial score (nSPS) is 11.8. The molecule has 0 N–H and O–H groups in total. The summed E-state index contributed by atoms with van der Waals surface area (Å²) < 4.78 is 47.7. The lowest BCUT2D eigenvalue weighted by atomic mass is 10.4. The van der Waals surface area contributed by atoms with Gasteiger partial charge in [-0.25, -0.2) is 9.97 Å². The van der Waals surface area contributed by atoms with Gasteiger partial charge in [-0.2, -0.15) is 18.2 Å². The van der Waals surface area contributed by atoms with Gasteiger partial charge >= 0.3 is 6.18 Å². The predicted octanol–water partition coefficient (Wildman–Crippen LogP) is 3.43. The van der Waals surface area contributed by atoms with Crippen molar-refractivity contribution in [2.24, 2.45) is 0 Å². The molecule has 0 aliphatic carbocycles. The van der Waals surface area contributed by atoms with E-state index in [-0.39, 0.29) is 22.6 Å². The number of alkyl halides is 3. The highest BCUT2D eigenvalue weighted by molar-refractivity contribution is 7.98. The number of hydrogen-bond acceptors (Lipinski definition) is 7. The fraction of sp³-hybridized carbons (Fsp3) is 0.167. The zero-order valence-corrected chi connectivity index (χ0v) is 11.6. The summed E-state index contributed by atoms with van der Waals surface area (Å²) in [5.74, 6) is 1.09. The van der Waals surface area contributed by atoms with Crippen molar-refractivity contribution >= 4 is 11.8 Å². The molecule has 0 spiro atoms. The van der Waals surface area contributed by atoms with Gasteiger partial charge in [-0.05, 0) is 18.2 Å². The van der Waals surface area contributed by atoms with Crippen LogP contribution < -0.4 is 0 Å². The van der Waals surface area contributed by atoms with Crippen LogP contribution in [0.15, 0.2) is 44.8 Å². The number of rotatable bonds is 4. The predicted molar refractivity (Wildman–Crippen MR) is 68.6 cm³/mol. The second kappa shape index (κ2) is 5.79. The fourth-order valence-corrected chi connectivity index (χ4v) is 2.18. The van der Waals surface area contributed by atoms with E-state index < -0.39 is 11.9 Å². The number of nitrogens with zero attached hydrogens (tertiary/aromatic N) is 4. The summed E-state index contributed by atoms with van der Waals surface area (Å²) in [5, 5.41) is 3.69. The molecule has 0 radical (unpaired) electrons. The van der Waals surface area contributed by atoms with E-state index in [1.54, 1.807) is 12.1 Å². The van der Waals surface area contributed by atoms with E-state index >= 15 is 0 Å². The summed E-state index contributed by atoms with van der Waals surface area (Å²) in [7, 11) is 0. The minimum absolute atomic E-state index is 0.0208. The molecule has 0 aromatic carbocycles. The van der Waals surface area contributed by atoms with Crippen LogP contribution in [0.1, 0.15) is 11.6 Å².